The molecule has 0 aliphatic heterocycles. The molecule has 0 saturated carbocycles. The van der Waals surface area contributed by atoms with Gasteiger partial charge in [-0.1, -0.05) is 60.0 Å². The summed E-state index contributed by atoms with van der Waals surface area (Å²) in [6, 6.07) is 11.8. The number of amides is 2. The van der Waals surface area contributed by atoms with Crippen LogP contribution in [-0.4, -0.2) is 50.5 Å². The number of nitrogens with zero attached hydrogens (tertiary/aromatic N) is 2. The number of aryl methyl sites for hydroxylation is 1. The zero-order valence-electron chi connectivity index (χ0n) is 20.6. The lowest BCUT2D eigenvalue weighted by Crippen LogP contribution is -2.49. The number of hydrogen-bond donors (Lipinski definition) is 1. The van der Waals surface area contributed by atoms with Crippen molar-refractivity contribution >= 4 is 50.7 Å². The van der Waals surface area contributed by atoms with E-state index in [1.54, 1.807) is 11.0 Å². The Morgan fingerprint density at radius 2 is 1.80 bits per heavy atom. The molecule has 2 amide bonds. The van der Waals surface area contributed by atoms with Gasteiger partial charge in [-0.15, -0.1) is 0 Å². The van der Waals surface area contributed by atoms with Gasteiger partial charge in [-0.2, -0.15) is 0 Å². The Morgan fingerprint density at radius 3 is 2.40 bits per heavy atom. The highest BCUT2D eigenvalue weighted by molar-refractivity contribution is 7.92. The van der Waals surface area contributed by atoms with E-state index in [9.17, 15) is 18.0 Å². The zero-order chi connectivity index (χ0) is 26.2. The first-order valence-electron chi connectivity index (χ1n) is 11.5. The van der Waals surface area contributed by atoms with Crippen molar-refractivity contribution in [2.75, 3.05) is 23.7 Å². The van der Waals surface area contributed by atoms with Crippen molar-refractivity contribution in [3.63, 3.8) is 0 Å². The smallest absolute Gasteiger partial charge is 0.242 e. The van der Waals surface area contributed by atoms with Crippen LogP contribution in [0.5, 0.6) is 0 Å². The summed E-state index contributed by atoms with van der Waals surface area (Å²) in [5, 5.41) is 3.41. The van der Waals surface area contributed by atoms with E-state index in [4.69, 9.17) is 23.2 Å². The van der Waals surface area contributed by atoms with Crippen LogP contribution in [0.4, 0.5) is 5.69 Å². The van der Waals surface area contributed by atoms with E-state index in [0.717, 1.165) is 21.7 Å². The predicted molar refractivity (Wildman–Crippen MR) is 142 cm³/mol. The van der Waals surface area contributed by atoms with E-state index in [1.165, 1.54) is 12.1 Å². The van der Waals surface area contributed by atoms with Crippen LogP contribution in [0.15, 0.2) is 42.5 Å². The SMILES string of the molecule is CCNC(=O)[C@@H](CC)N(Cc1cccc(C)c1)C(=O)CCCN(c1cc(Cl)ccc1Cl)S(C)(=O)=O. The molecule has 192 valence electrons. The van der Waals surface area contributed by atoms with Gasteiger partial charge in [-0.3, -0.25) is 13.9 Å². The fourth-order valence-corrected chi connectivity index (χ4v) is 5.28. The number of carbonyl (C=O) groups is 2. The average molecular weight is 543 g/mol. The number of likely N-dealkylation sites (N-methyl/N-ethyl adjacent to an activating group) is 1. The predicted octanol–water partition coefficient (Wildman–Crippen LogP) is 4.79. The molecule has 0 aliphatic rings. The zero-order valence-corrected chi connectivity index (χ0v) is 22.9. The fraction of sp³-hybridized carbons (Fsp3) is 0.440. The monoisotopic (exact) mass is 541 g/mol. The minimum atomic E-state index is -3.67. The van der Waals surface area contributed by atoms with Gasteiger partial charge >= 0.3 is 0 Å². The van der Waals surface area contributed by atoms with Crippen LogP contribution in [0.2, 0.25) is 10.0 Å². The first-order valence-corrected chi connectivity index (χ1v) is 14.1. The Bertz CT molecular complexity index is 1140. The summed E-state index contributed by atoms with van der Waals surface area (Å²) >= 11 is 12.3. The number of anilines is 1. The van der Waals surface area contributed by atoms with Crippen molar-refractivity contribution in [3.05, 3.63) is 63.6 Å². The quantitative estimate of drug-likeness (QED) is 0.418. The fourth-order valence-electron chi connectivity index (χ4n) is 3.88. The maximum absolute atomic E-state index is 13.4. The van der Waals surface area contributed by atoms with Gasteiger partial charge in [0.15, 0.2) is 0 Å². The Labute approximate surface area is 218 Å². The Kier molecular flexibility index (Phi) is 10.9. The molecule has 0 radical (unpaired) electrons. The lowest BCUT2D eigenvalue weighted by Gasteiger charge is -2.31. The van der Waals surface area contributed by atoms with Gasteiger partial charge < -0.3 is 10.2 Å². The molecule has 0 aromatic heterocycles. The van der Waals surface area contributed by atoms with E-state index in [2.05, 4.69) is 5.32 Å². The molecule has 1 N–H and O–H groups in total. The van der Waals surface area contributed by atoms with E-state index in [0.29, 0.717) is 18.0 Å². The number of nitrogens with one attached hydrogen (secondary N) is 1. The van der Waals surface area contributed by atoms with E-state index < -0.39 is 16.1 Å². The van der Waals surface area contributed by atoms with Crippen molar-refractivity contribution in [2.45, 2.75) is 52.6 Å². The first-order chi connectivity index (χ1) is 16.5. The molecule has 2 aromatic rings. The Hall–Kier alpha value is -2.29. The summed E-state index contributed by atoms with van der Waals surface area (Å²) in [5.41, 5.74) is 2.24. The van der Waals surface area contributed by atoms with Crippen LogP contribution in [0.25, 0.3) is 0 Å². The molecular weight excluding hydrogens is 509 g/mol. The largest absolute Gasteiger partial charge is 0.355 e. The maximum atomic E-state index is 13.4. The molecule has 0 unspecified atom stereocenters. The van der Waals surface area contributed by atoms with Crippen molar-refractivity contribution in [2.24, 2.45) is 0 Å². The lowest BCUT2D eigenvalue weighted by atomic mass is 10.1. The number of hydrogen-bond acceptors (Lipinski definition) is 4. The number of rotatable bonds is 12. The second kappa shape index (κ2) is 13.1. The van der Waals surface area contributed by atoms with Crippen LogP contribution < -0.4 is 9.62 Å². The number of benzene rings is 2. The maximum Gasteiger partial charge on any atom is 0.242 e. The lowest BCUT2D eigenvalue weighted by molar-refractivity contribution is -0.141. The molecular formula is C25H33Cl2N3O4S. The van der Waals surface area contributed by atoms with Crippen LogP contribution in [0, 0.1) is 6.92 Å². The van der Waals surface area contributed by atoms with Crippen LogP contribution >= 0.6 is 23.2 Å². The van der Waals surface area contributed by atoms with Gasteiger partial charge in [-0.05, 0) is 50.5 Å². The van der Waals surface area contributed by atoms with Crippen LogP contribution in [-0.2, 0) is 26.2 Å². The Balaban J connectivity index is 2.24. The van der Waals surface area contributed by atoms with E-state index >= 15 is 0 Å². The molecule has 2 rings (SSSR count). The van der Waals surface area contributed by atoms with Crippen LogP contribution in [0.1, 0.15) is 44.2 Å². The van der Waals surface area contributed by atoms with Crippen molar-refractivity contribution < 1.29 is 18.0 Å². The van der Waals surface area contributed by atoms with Gasteiger partial charge in [0.1, 0.15) is 6.04 Å². The third kappa shape index (κ3) is 8.40. The summed E-state index contributed by atoms with van der Waals surface area (Å²) in [7, 11) is -3.67. The number of sulfonamides is 1. The molecule has 35 heavy (non-hydrogen) atoms. The van der Waals surface area contributed by atoms with Gasteiger partial charge in [-0.25, -0.2) is 8.42 Å². The molecule has 0 bridgehead atoms. The molecule has 10 heteroatoms. The second-order valence-corrected chi connectivity index (χ2v) is 11.1. The average Bonchev–Trinajstić information content (AvgIpc) is 2.77. The minimum Gasteiger partial charge on any atom is -0.355 e. The van der Waals surface area contributed by atoms with E-state index in [1.807, 2.05) is 45.0 Å². The summed E-state index contributed by atoms with van der Waals surface area (Å²) < 4.78 is 26.1. The molecule has 0 saturated heterocycles. The molecule has 0 heterocycles. The molecule has 1 atom stereocenters. The normalized spacial score (nSPS) is 12.2. The van der Waals surface area contributed by atoms with E-state index in [-0.39, 0.29) is 48.5 Å². The minimum absolute atomic E-state index is 0.0425. The number of halogens is 2. The summed E-state index contributed by atoms with van der Waals surface area (Å²) in [6.07, 6.45) is 1.84. The highest BCUT2D eigenvalue weighted by Crippen LogP contribution is 2.31. The highest BCUT2D eigenvalue weighted by atomic mass is 35.5. The molecule has 0 aliphatic carbocycles. The first kappa shape index (κ1) is 28.9. The van der Waals surface area contributed by atoms with Gasteiger partial charge in [0, 0.05) is 31.1 Å². The molecule has 2 aromatic carbocycles. The Morgan fingerprint density at radius 1 is 1.09 bits per heavy atom. The summed E-state index contributed by atoms with van der Waals surface area (Å²) in [5.74, 6) is -0.435. The summed E-state index contributed by atoms with van der Waals surface area (Å²) in [6.45, 7) is 6.46. The molecule has 0 spiro atoms. The van der Waals surface area contributed by atoms with Crippen molar-refractivity contribution in [1.29, 1.82) is 0 Å². The summed E-state index contributed by atoms with van der Waals surface area (Å²) in [4.78, 5) is 27.7. The third-order valence-corrected chi connectivity index (χ3v) is 7.24. The molecule has 7 nitrogen and oxygen atoms in total. The number of carbonyl (C=O) groups excluding carboxylic acids is 2. The van der Waals surface area contributed by atoms with Crippen LogP contribution in [0.3, 0.4) is 0 Å². The highest BCUT2D eigenvalue weighted by Gasteiger charge is 2.29. The van der Waals surface area contributed by atoms with Gasteiger partial charge in [0.05, 0.1) is 17.0 Å². The van der Waals surface area contributed by atoms with Crippen molar-refractivity contribution in [3.8, 4) is 0 Å². The second-order valence-electron chi connectivity index (χ2n) is 8.36. The third-order valence-electron chi connectivity index (χ3n) is 5.50. The standard InChI is InChI=1S/C25H33Cl2N3O4S/c1-5-22(25(32)28-6-2)29(17-19-10-7-9-18(3)15-19)24(31)11-8-14-30(35(4,33)34)23-16-20(26)12-13-21(23)27/h7,9-10,12-13,15-16,22H,5-6,8,11,14,17H2,1-4H3,(H,28,32)/t22-/m1/s1. The molecule has 0 fully saturated rings. The van der Waals surface area contributed by atoms with Gasteiger partial charge in [0.25, 0.3) is 0 Å². The topological polar surface area (TPSA) is 86.8 Å². The van der Waals surface area contributed by atoms with Gasteiger partial charge in [0.2, 0.25) is 21.8 Å². The van der Waals surface area contributed by atoms with Crippen molar-refractivity contribution in [1.82, 2.24) is 10.2 Å².